The topological polar surface area (TPSA) is 96.7 Å². The monoisotopic (exact) mass is 470 g/mol. The van der Waals surface area contributed by atoms with E-state index in [1.807, 2.05) is 48.5 Å². The van der Waals surface area contributed by atoms with Crippen LogP contribution < -0.4 is 15.5 Å². The van der Waals surface area contributed by atoms with E-state index in [4.69, 9.17) is 9.15 Å². The quantitative estimate of drug-likeness (QED) is 0.427. The van der Waals surface area contributed by atoms with Gasteiger partial charge in [-0.3, -0.25) is 9.59 Å². The fraction of sp³-hybridized carbons (Fsp3) is 0.222. The van der Waals surface area contributed by atoms with Gasteiger partial charge in [-0.1, -0.05) is 36.4 Å². The summed E-state index contributed by atoms with van der Waals surface area (Å²) < 4.78 is 11.0. The van der Waals surface area contributed by atoms with Crippen LogP contribution in [0.15, 0.2) is 77.3 Å². The van der Waals surface area contributed by atoms with Crippen LogP contribution in [0, 0.1) is 0 Å². The minimum Gasteiger partial charge on any atom is -0.451 e. The molecule has 0 saturated carbocycles. The molecule has 35 heavy (non-hydrogen) atoms. The fourth-order valence-electron chi connectivity index (χ4n) is 4.06. The van der Waals surface area contributed by atoms with Crippen molar-refractivity contribution in [2.24, 2.45) is 0 Å². The maximum Gasteiger partial charge on any atom is 0.291 e. The number of benzene rings is 2. The van der Waals surface area contributed by atoms with Crippen molar-refractivity contribution in [3.05, 3.63) is 89.8 Å². The number of carbonyl (C=O) groups is 2. The van der Waals surface area contributed by atoms with Crippen LogP contribution in [0.4, 0.5) is 11.5 Å². The predicted octanol–water partition coefficient (Wildman–Crippen LogP) is 3.78. The van der Waals surface area contributed by atoms with Crippen LogP contribution in [-0.4, -0.2) is 43.1 Å². The summed E-state index contributed by atoms with van der Waals surface area (Å²) in [5.41, 5.74) is 3.13. The van der Waals surface area contributed by atoms with Gasteiger partial charge >= 0.3 is 0 Å². The normalized spacial score (nSPS) is 13.5. The molecule has 3 heterocycles. The number of hydrogen-bond donors (Lipinski definition) is 2. The highest BCUT2D eigenvalue weighted by Gasteiger charge is 2.16. The van der Waals surface area contributed by atoms with E-state index in [9.17, 15) is 9.59 Å². The molecule has 2 N–H and O–H groups in total. The van der Waals surface area contributed by atoms with Crippen LogP contribution in [0.25, 0.3) is 11.0 Å². The summed E-state index contributed by atoms with van der Waals surface area (Å²) in [5.74, 6) is 0.738. The van der Waals surface area contributed by atoms with E-state index in [0.29, 0.717) is 31.0 Å². The van der Waals surface area contributed by atoms with Gasteiger partial charge in [0, 0.05) is 42.5 Å². The number of anilines is 2. The van der Waals surface area contributed by atoms with E-state index in [1.165, 1.54) is 0 Å². The average molecular weight is 471 g/mol. The molecule has 0 spiro atoms. The molecule has 0 bridgehead atoms. The molecule has 0 unspecified atom stereocenters. The van der Waals surface area contributed by atoms with E-state index in [1.54, 1.807) is 24.4 Å². The first kappa shape index (κ1) is 22.6. The molecule has 5 rings (SSSR count). The zero-order valence-corrected chi connectivity index (χ0v) is 19.2. The second-order valence-electron chi connectivity index (χ2n) is 8.34. The lowest BCUT2D eigenvalue weighted by Crippen LogP contribution is -2.38. The predicted molar refractivity (Wildman–Crippen MR) is 133 cm³/mol. The highest BCUT2D eigenvalue weighted by molar-refractivity contribution is 6.04. The van der Waals surface area contributed by atoms with Crippen molar-refractivity contribution < 1.29 is 18.7 Å². The first-order valence-electron chi connectivity index (χ1n) is 11.6. The van der Waals surface area contributed by atoms with Gasteiger partial charge in [0.25, 0.3) is 5.91 Å². The number of amides is 2. The lowest BCUT2D eigenvalue weighted by atomic mass is 10.1. The van der Waals surface area contributed by atoms with Crippen molar-refractivity contribution in [3.8, 4) is 0 Å². The van der Waals surface area contributed by atoms with Crippen molar-refractivity contribution in [3.63, 3.8) is 0 Å². The zero-order chi connectivity index (χ0) is 24.0. The van der Waals surface area contributed by atoms with Gasteiger partial charge in [0.1, 0.15) is 11.4 Å². The summed E-state index contributed by atoms with van der Waals surface area (Å²) in [6.07, 6.45) is 2.01. The smallest absolute Gasteiger partial charge is 0.291 e. The highest BCUT2D eigenvalue weighted by atomic mass is 16.5. The minimum atomic E-state index is -0.320. The second-order valence-corrected chi connectivity index (χ2v) is 8.34. The number of furan rings is 1. The van der Waals surface area contributed by atoms with E-state index < -0.39 is 0 Å². The van der Waals surface area contributed by atoms with Gasteiger partial charge in [-0.15, -0.1) is 0 Å². The Morgan fingerprint density at radius 3 is 2.57 bits per heavy atom. The molecular weight excluding hydrogens is 444 g/mol. The third-order valence-corrected chi connectivity index (χ3v) is 5.88. The standard InChI is InChI=1S/C27H26N4O4/c32-25(29-18-21-5-3-11-28-26(21)31-12-14-34-15-13-31)16-19-7-9-22(10-8-19)30-27(33)24-17-20-4-1-2-6-23(20)35-24/h1-11,17H,12-16,18H2,(H,29,32)(H,30,33). The maximum absolute atomic E-state index is 12.6. The summed E-state index contributed by atoms with van der Waals surface area (Å²) in [6.45, 7) is 3.34. The van der Waals surface area contributed by atoms with E-state index >= 15 is 0 Å². The molecule has 1 aliphatic heterocycles. The molecule has 8 nitrogen and oxygen atoms in total. The molecule has 178 valence electrons. The molecule has 2 aromatic carbocycles. The van der Waals surface area contributed by atoms with Crippen LogP contribution in [0.2, 0.25) is 0 Å². The fourth-order valence-corrected chi connectivity index (χ4v) is 4.06. The Balaban J connectivity index is 1.15. The Hall–Kier alpha value is -4.17. The molecular formula is C27H26N4O4. The summed E-state index contributed by atoms with van der Waals surface area (Å²) in [6, 6.07) is 20.3. The SMILES string of the molecule is O=C(Cc1ccc(NC(=O)c2cc3ccccc3o2)cc1)NCc1cccnc1N1CCOCC1. The number of aromatic nitrogens is 1. The lowest BCUT2D eigenvalue weighted by molar-refractivity contribution is -0.120. The number of nitrogens with one attached hydrogen (secondary N) is 2. The van der Waals surface area contributed by atoms with Gasteiger partial charge in [0.05, 0.1) is 19.6 Å². The number of pyridine rings is 1. The van der Waals surface area contributed by atoms with Crippen LogP contribution in [0.5, 0.6) is 0 Å². The molecule has 0 atom stereocenters. The maximum atomic E-state index is 12.6. The van der Waals surface area contributed by atoms with Gasteiger partial charge in [0.2, 0.25) is 5.91 Å². The number of morpholine rings is 1. The first-order valence-corrected chi connectivity index (χ1v) is 11.6. The van der Waals surface area contributed by atoms with Gasteiger partial charge < -0.3 is 24.7 Å². The molecule has 4 aromatic rings. The Labute approximate surface area is 202 Å². The first-order chi connectivity index (χ1) is 17.2. The van der Waals surface area contributed by atoms with E-state index in [-0.39, 0.29) is 24.0 Å². The molecule has 2 amide bonds. The van der Waals surface area contributed by atoms with Crippen LogP contribution in [0.3, 0.4) is 0 Å². The molecule has 1 saturated heterocycles. The molecule has 0 aliphatic carbocycles. The second kappa shape index (κ2) is 10.4. The summed E-state index contributed by atoms with van der Waals surface area (Å²) >= 11 is 0. The number of nitrogens with zero attached hydrogens (tertiary/aromatic N) is 2. The highest BCUT2D eigenvalue weighted by Crippen LogP contribution is 2.21. The van der Waals surface area contributed by atoms with Gasteiger partial charge in [-0.25, -0.2) is 4.98 Å². The van der Waals surface area contributed by atoms with Crippen molar-refractivity contribution >= 4 is 34.3 Å². The van der Waals surface area contributed by atoms with Gasteiger partial charge in [0.15, 0.2) is 5.76 Å². The van der Waals surface area contributed by atoms with Crippen molar-refractivity contribution in [1.29, 1.82) is 0 Å². The molecule has 1 aliphatic rings. The zero-order valence-electron chi connectivity index (χ0n) is 19.2. The number of carbonyl (C=O) groups excluding carboxylic acids is 2. The molecule has 0 radical (unpaired) electrons. The number of para-hydroxylation sites is 1. The van der Waals surface area contributed by atoms with Crippen molar-refractivity contribution in [2.75, 3.05) is 36.5 Å². The summed E-state index contributed by atoms with van der Waals surface area (Å²) in [4.78, 5) is 31.8. The van der Waals surface area contributed by atoms with Crippen LogP contribution >= 0.6 is 0 Å². The third-order valence-electron chi connectivity index (χ3n) is 5.88. The largest absolute Gasteiger partial charge is 0.451 e. The van der Waals surface area contributed by atoms with Crippen LogP contribution in [-0.2, 0) is 22.5 Å². The minimum absolute atomic E-state index is 0.0826. The van der Waals surface area contributed by atoms with Crippen LogP contribution in [0.1, 0.15) is 21.7 Å². The number of fused-ring (bicyclic) bond motifs is 1. The summed E-state index contributed by atoms with van der Waals surface area (Å²) in [7, 11) is 0. The third kappa shape index (κ3) is 5.50. The van der Waals surface area contributed by atoms with Gasteiger partial charge in [-0.2, -0.15) is 0 Å². The van der Waals surface area contributed by atoms with Crippen molar-refractivity contribution in [1.82, 2.24) is 10.3 Å². The number of rotatable bonds is 7. The Morgan fingerprint density at radius 1 is 0.971 bits per heavy atom. The number of ether oxygens (including phenoxy) is 1. The van der Waals surface area contributed by atoms with Gasteiger partial charge in [-0.05, 0) is 35.9 Å². The summed E-state index contributed by atoms with van der Waals surface area (Å²) in [5, 5.41) is 6.70. The Bertz CT molecular complexity index is 1290. The Morgan fingerprint density at radius 2 is 1.77 bits per heavy atom. The average Bonchev–Trinajstić information content (AvgIpc) is 3.34. The lowest BCUT2D eigenvalue weighted by Gasteiger charge is -2.29. The number of hydrogen-bond acceptors (Lipinski definition) is 6. The Kier molecular flexibility index (Phi) is 6.72. The molecule has 2 aromatic heterocycles. The van der Waals surface area contributed by atoms with E-state index in [2.05, 4.69) is 20.5 Å². The van der Waals surface area contributed by atoms with E-state index in [0.717, 1.165) is 35.4 Å². The molecule has 1 fully saturated rings. The van der Waals surface area contributed by atoms with Crippen molar-refractivity contribution in [2.45, 2.75) is 13.0 Å². The molecule has 8 heteroatoms.